The zero-order valence-corrected chi connectivity index (χ0v) is 19.5. The van der Waals surface area contributed by atoms with Gasteiger partial charge in [0.05, 0.1) is 5.56 Å². The highest BCUT2D eigenvalue weighted by Crippen LogP contribution is 2.68. The molecule has 3 aliphatic carbocycles. The Morgan fingerprint density at radius 2 is 1.65 bits per heavy atom. The van der Waals surface area contributed by atoms with Crippen LogP contribution in [0.25, 0.3) is 6.08 Å². The van der Waals surface area contributed by atoms with Crippen molar-refractivity contribution < 1.29 is 9.90 Å². The summed E-state index contributed by atoms with van der Waals surface area (Å²) in [5, 5.41) is 9.31. The van der Waals surface area contributed by atoms with E-state index >= 15 is 0 Å². The van der Waals surface area contributed by atoms with Gasteiger partial charge in [0.1, 0.15) is 0 Å². The fourth-order valence-corrected chi connectivity index (χ4v) is 6.45. The van der Waals surface area contributed by atoms with E-state index in [0.29, 0.717) is 16.9 Å². The molecule has 1 N–H and O–H groups in total. The number of fused-ring (bicyclic) bond motifs is 2. The normalized spacial score (nSPS) is 28.8. The average Bonchev–Trinajstić information content (AvgIpc) is 3.35. The average molecular weight is 415 g/mol. The Bertz CT molecular complexity index is 1120. The van der Waals surface area contributed by atoms with E-state index in [-0.39, 0.29) is 10.8 Å². The molecule has 2 nitrogen and oxygen atoms in total. The first-order valence-corrected chi connectivity index (χ1v) is 11.7. The molecule has 2 fully saturated rings. The molecule has 0 amide bonds. The van der Waals surface area contributed by atoms with Crippen LogP contribution in [-0.2, 0) is 16.2 Å². The summed E-state index contributed by atoms with van der Waals surface area (Å²) in [4.78, 5) is 11.3. The van der Waals surface area contributed by atoms with Crippen molar-refractivity contribution in [3.8, 4) is 0 Å². The Hall–Kier alpha value is -2.35. The lowest BCUT2D eigenvalue weighted by Gasteiger charge is -2.43. The highest BCUT2D eigenvalue weighted by atomic mass is 16.4. The molecule has 0 saturated heterocycles. The van der Waals surface area contributed by atoms with Gasteiger partial charge in [-0.1, -0.05) is 63.6 Å². The van der Waals surface area contributed by atoms with Crippen LogP contribution in [0.3, 0.4) is 0 Å². The van der Waals surface area contributed by atoms with Crippen LogP contribution in [0.1, 0.15) is 98.0 Å². The number of aryl methyl sites for hydroxylation is 1. The van der Waals surface area contributed by atoms with Gasteiger partial charge in [-0.15, -0.1) is 0 Å². The molecule has 2 aromatic carbocycles. The highest BCUT2D eigenvalue weighted by Gasteiger charge is 2.60. The molecular weight excluding hydrogens is 380 g/mol. The number of hydrogen-bond donors (Lipinski definition) is 1. The van der Waals surface area contributed by atoms with Gasteiger partial charge >= 0.3 is 5.97 Å². The largest absolute Gasteiger partial charge is 0.478 e. The molecule has 3 aliphatic rings. The fourth-order valence-electron chi connectivity index (χ4n) is 6.45. The number of aromatic carboxylic acids is 1. The lowest BCUT2D eigenvalue weighted by Crippen LogP contribution is -2.34. The Balaban J connectivity index is 1.51. The summed E-state index contributed by atoms with van der Waals surface area (Å²) in [6.07, 6.45) is 8.32. The number of carbonyl (C=O) groups is 1. The molecule has 162 valence electrons. The molecule has 0 bridgehead atoms. The van der Waals surface area contributed by atoms with Crippen molar-refractivity contribution in [3.05, 3.63) is 75.4 Å². The van der Waals surface area contributed by atoms with Crippen LogP contribution in [0.15, 0.2) is 42.0 Å². The summed E-state index contributed by atoms with van der Waals surface area (Å²) >= 11 is 0. The topological polar surface area (TPSA) is 37.3 Å². The minimum absolute atomic E-state index is 0.239. The highest BCUT2D eigenvalue weighted by molar-refractivity contribution is 5.88. The minimum Gasteiger partial charge on any atom is -0.478 e. The van der Waals surface area contributed by atoms with Gasteiger partial charge in [0.2, 0.25) is 0 Å². The second-order valence-electron chi connectivity index (χ2n) is 11.5. The molecule has 0 aliphatic heterocycles. The van der Waals surface area contributed by atoms with E-state index < -0.39 is 5.97 Å². The molecule has 0 aromatic heterocycles. The van der Waals surface area contributed by atoms with E-state index in [9.17, 15) is 9.90 Å². The molecule has 0 heterocycles. The third-order valence-corrected chi connectivity index (χ3v) is 8.60. The van der Waals surface area contributed by atoms with Gasteiger partial charge in [-0.05, 0) is 95.7 Å². The molecule has 2 atom stereocenters. The summed E-state index contributed by atoms with van der Waals surface area (Å²) in [5.74, 6) is -0.250. The summed E-state index contributed by atoms with van der Waals surface area (Å²) in [7, 11) is 0. The van der Waals surface area contributed by atoms with Crippen molar-refractivity contribution in [1.29, 1.82) is 0 Å². The molecule has 5 rings (SSSR count). The van der Waals surface area contributed by atoms with Gasteiger partial charge in [0.25, 0.3) is 0 Å². The maximum Gasteiger partial charge on any atom is 0.335 e. The zero-order chi connectivity index (χ0) is 22.2. The van der Waals surface area contributed by atoms with Crippen molar-refractivity contribution >= 4 is 12.0 Å². The van der Waals surface area contributed by atoms with Crippen LogP contribution in [0, 0.1) is 12.8 Å². The van der Waals surface area contributed by atoms with Gasteiger partial charge in [-0.3, -0.25) is 0 Å². The van der Waals surface area contributed by atoms with E-state index in [1.54, 1.807) is 28.8 Å². The maximum absolute atomic E-state index is 11.3. The second-order valence-corrected chi connectivity index (χ2v) is 11.5. The number of rotatable bonds is 3. The van der Waals surface area contributed by atoms with E-state index in [4.69, 9.17) is 0 Å². The van der Waals surface area contributed by atoms with Crippen molar-refractivity contribution in [2.45, 2.75) is 83.0 Å². The van der Waals surface area contributed by atoms with E-state index in [1.165, 1.54) is 36.8 Å². The quantitative estimate of drug-likeness (QED) is 0.578. The number of benzene rings is 2. The first-order chi connectivity index (χ1) is 14.5. The Labute approximate surface area is 186 Å². The third kappa shape index (κ3) is 3.18. The predicted molar refractivity (Wildman–Crippen MR) is 127 cm³/mol. The fraction of sp³-hybridized carbons (Fsp3) is 0.483. The van der Waals surface area contributed by atoms with Gasteiger partial charge < -0.3 is 5.11 Å². The van der Waals surface area contributed by atoms with Crippen molar-refractivity contribution in [2.24, 2.45) is 5.92 Å². The second kappa shape index (κ2) is 6.58. The number of carboxylic acid groups (broad SMARTS) is 1. The molecule has 2 aromatic rings. The molecule has 2 unspecified atom stereocenters. The standard InChI is InChI=1S/C29H34O2/c1-18-13-23-24(28(4,5)12-11-27(23,2)3)16-22(18)29-10-9-20(25(29)17-29)14-19-7-6-8-21(15-19)26(30)31/h6-8,13-16,25H,9-12,17H2,1-5H3,(H,30,31)/b20-14+. The van der Waals surface area contributed by atoms with Gasteiger partial charge in [0, 0.05) is 5.41 Å². The number of allylic oxidation sites excluding steroid dienone is 1. The van der Waals surface area contributed by atoms with E-state index in [1.807, 2.05) is 12.1 Å². The summed E-state index contributed by atoms with van der Waals surface area (Å²) in [6.45, 7) is 11.9. The summed E-state index contributed by atoms with van der Waals surface area (Å²) < 4.78 is 0. The molecule has 0 spiro atoms. The van der Waals surface area contributed by atoms with Crippen molar-refractivity contribution in [3.63, 3.8) is 0 Å². The lowest BCUT2D eigenvalue weighted by molar-refractivity contribution is 0.0697. The van der Waals surface area contributed by atoms with Crippen LogP contribution in [-0.4, -0.2) is 11.1 Å². The predicted octanol–water partition coefficient (Wildman–Crippen LogP) is 7.18. The van der Waals surface area contributed by atoms with Crippen LogP contribution in [0.4, 0.5) is 0 Å². The SMILES string of the molecule is Cc1cc2c(cc1C13CC/C(=C\c4cccc(C(=O)O)c4)C1C3)C(C)(C)CCC2(C)C. The van der Waals surface area contributed by atoms with E-state index in [0.717, 1.165) is 12.0 Å². The van der Waals surface area contributed by atoms with E-state index in [2.05, 4.69) is 52.8 Å². The summed E-state index contributed by atoms with van der Waals surface area (Å²) in [6, 6.07) is 12.4. The van der Waals surface area contributed by atoms with Gasteiger partial charge in [-0.2, -0.15) is 0 Å². The van der Waals surface area contributed by atoms with Crippen molar-refractivity contribution in [2.75, 3.05) is 0 Å². The monoisotopic (exact) mass is 414 g/mol. The molecule has 31 heavy (non-hydrogen) atoms. The Kier molecular flexibility index (Phi) is 4.36. The molecular formula is C29H34O2. The third-order valence-electron chi connectivity index (χ3n) is 8.60. The first-order valence-electron chi connectivity index (χ1n) is 11.7. The molecule has 0 radical (unpaired) electrons. The van der Waals surface area contributed by atoms with Crippen molar-refractivity contribution in [1.82, 2.24) is 0 Å². The summed E-state index contributed by atoms with van der Waals surface area (Å²) in [5.41, 5.74) is 9.83. The maximum atomic E-state index is 11.3. The smallest absolute Gasteiger partial charge is 0.335 e. The van der Waals surface area contributed by atoms with Gasteiger partial charge in [-0.25, -0.2) is 4.79 Å². The minimum atomic E-state index is -0.859. The Morgan fingerprint density at radius 1 is 0.968 bits per heavy atom. The Morgan fingerprint density at radius 3 is 2.29 bits per heavy atom. The number of hydrogen-bond acceptors (Lipinski definition) is 1. The number of carboxylic acids is 1. The molecule has 2 saturated carbocycles. The zero-order valence-electron chi connectivity index (χ0n) is 19.5. The van der Waals surface area contributed by atoms with Crippen LogP contribution < -0.4 is 0 Å². The van der Waals surface area contributed by atoms with Crippen LogP contribution in [0.2, 0.25) is 0 Å². The van der Waals surface area contributed by atoms with Crippen LogP contribution >= 0.6 is 0 Å². The molecule has 2 heteroatoms. The van der Waals surface area contributed by atoms with Crippen LogP contribution in [0.5, 0.6) is 0 Å². The van der Waals surface area contributed by atoms with Gasteiger partial charge in [0.15, 0.2) is 0 Å². The first kappa shape index (κ1) is 20.5. The lowest BCUT2D eigenvalue weighted by atomic mass is 9.62.